The average molecular weight is 308 g/mol. The summed E-state index contributed by atoms with van der Waals surface area (Å²) in [5.74, 6) is 0.0348. The Balaban J connectivity index is 1.66. The summed E-state index contributed by atoms with van der Waals surface area (Å²) in [5.41, 5.74) is 0. The van der Waals surface area contributed by atoms with E-state index in [0.29, 0.717) is 19.1 Å². The third-order valence-corrected chi connectivity index (χ3v) is 3.51. The van der Waals surface area contributed by atoms with Crippen molar-refractivity contribution < 1.29 is 23.4 Å². The quantitative estimate of drug-likeness (QED) is 0.801. The zero-order chi connectivity index (χ0) is 14.7. The van der Waals surface area contributed by atoms with E-state index in [4.69, 9.17) is 18.6 Å². The standard InChI is InChI=1S/C13H12N2O5S/c1-8(19-13(16)9-7-17-4-5-18-9)11-14-15-12(20-11)10-3-2-6-21-10/h2-3,6-8H,4-5H2,1H3/t8-/m1/s1. The highest BCUT2D eigenvalue weighted by atomic mass is 32.1. The summed E-state index contributed by atoms with van der Waals surface area (Å²) in [7, 11) is 0. The molecule has 7 nitrogen and oxygen atoms in total. The lowest BCUT2D eigenvalue weighted by atomic mass is 10.4. The zero-order valence-corrected chi connectivity index (χ0v) is 12.0. The first-order chi connectivity index (χ1) is 10.2. The molecule has 1 aliphatic rings. The van der Waals surface area contributed by atoms with Gasteiger partial charge in [-0.1, -0.05) is 6.07 Å². The number of carbonyl (C=O) groups excluding carboxylic acids is 1. The molecular formula is C13H12N2O5S. The molecule has 0 aromatic carbocycles. The van der Waals surface area contributed by atoms with Gasteiger partial charge in [-0.2, -0.15) is 0 Å². The fourth-order valence-corrected chi connectivity index (χ4v) is 2.29. The van der Waals surface area contributed by atoms with E-state index in [9.17, 15) is 4.79 Å². The van der Waals surface area contributed by atoms with Crippen LogP contribution in [0.3, 0.4) is 0 Å². The Morgan fingerprint density at radius 2 is 2.33 bits per heavy atom. The highest BCUT2D eigenvalue weighted by Gasteiger charge is 2.23. The molecule has 3 rings (SSSR count). The van der Waals surface area contributed by atoms with Gasteiger partial charge in [0.15, 0.2) is 6.10 Å². The summed E-state index contributed by atoms with van der Waals surface area (Å²) in [5, 5.41) is 9.74. The molecule has 0 spiro atoms. The molecule has 2 aromatic heterocycles. The summed E-state index contributed by atoms with van der Waals surface area (Å²) < 4.78 is 20.8. The summed E-state index contributed by atoms with van der Waals surface area (Å²) >= 11 is 1.49. The van der Waals surface area contributed by atoms with Crippen LogP contribution in [0, 0.1) is 0 Å². The summed E-state index contributed by atoms with van der Waals surface area (Å²) in [4.78, 5) is 12.7. The minimum Gasteiger partial charge on any atom is -0.493 e. The SMILES string of the molecule is C[C@@H](OC(=O)C1=COCCO1)c1nnc(-c2cccs2)o1. The van der Waals surface area contributed by atoms with Crippen molar-refractivity contribution in [2.75, 3.05) is 13.2 Å². The molecule has 0 radical (unpaired) electrons. The van der Waals surface area contributed by atoms with E-state index in [-0.39, 0.29) is 11.6 Å². The normalized spacial score (nSPS) is 15.6. The molecule has 8 heteroatoms. The van der Waals surface area contributed by atoms with Crippen molar-refractivity contribution >= 4 is 17.3 Å². The Morgan fingerprint density at radius 3 is 3.05 bits per heavy atom. The number of hydrogen-bond acceptors (Lipinski definition) is 8. The van der Waals surface area contributed by atoms with Crippen LogP contribution in [0.4, 0.5) is 0 Å². The Labute approximate surface area is 124 Å². The number of esters is 1. The van der Waals surface area contributed by atoms with Gasteiger partial charge < -0.3 is 18.6 Å². The second kappa shape index (κ2) is 5.96. The van der Waals surface area contributed by atoms with Crippen LogP contribution >= 0.6 is 11.3 Å². The average Bonchev–Trinajstić information content (AvgIpc) is 3.19. The predicted octanol–water partition coefficient (Wildman–Crippen LogP) is 2.29. The van der Waals surface area contributed by atoms with Gasteiger partial charge in [0.25, 0.3) is 11.8 Å². The van der Waals surface area contributed by atoms with Crippen LogP contribution in [-0.4, -0.2) is 29.4 Å². The number of carbonyl (C=O) groups is 1. The fourth-order valence-electron chi connectivity index (χ4n) is 1.64. The highest BCUT2D eigenvalue weighted by Crippen LogP contribution is 2.26. The van der Waals surface area contributed by atoms with Crippen LogP contribution < -0.4 is 0 Å². The van der Waals surface area contributed by atoms with E-state index in [1.54, 1.807) is 6.92 Å². The molecule has 0 unspecified atom stereocenters. The van der Waals surface area contributed by atoms with E-state index in [2.05, 4.69) is 10.2 Å². The number of thiophene rings is 1. The fraction of sp³-hybridized carbons (Fsp3) is 0.308. The molecule has 0 amide bonds. The smallest absolute Gasteiger partial charge is 0.377 e. The summed E-state index contributed by atoms with van der Waals surface area (Å²) in [6.45, 7) is 2.38. The maximum atomic E-state index is 11.8. The van der Waals surface area contributed by atoms with E-state index in [0.717, 1.165) is 4.88 Å². The Bertz CT molecular complexity index is 649. The molecule has 3 heterocycles. The van der Waals surface area contributed by atoms with Crippen molar-refractivity contribution in [2.24, 2.45) is 0 Å². The van der Waals surface area contributed by atoms with Gasteiger partial charge >= 0.3 is 5.97 Å². The molecule has 0 fully saturated rings. The van der Waals surface area contributed by atoms with E-state index < -0.39 is 12.1 Å². The van der Waals surface area contributed by atoms with Crippen LogP contribution in [0.1, 0.15) is 18.9 Å². The molecule has 0 saturated carbocycles. The minimum atomic E-state index is -0.676. The number of aromatic nitrogens is 2. The van der Waals surface area contributed by atoms with Gasteiger partial charge in [0.1, 0.15) is 19.5 Å². The van der Waals surface area contributed by atoms with Crippen LogP contribution in [0.25, 0.3) is 10.8 Å². The number of ether oxygens (including phenoxy) is 3. The number of nitrogens with zero attached hydrogens (tertiary/aromatic N) is 2. The molecule has 1 atom stereocenters. The van der Waals surface area contributed by atoms with Crippen molar-refractivity contribution in [1.29, 1.82) is 0 Å². The largest absolute Gasteiger partial charge is 0.493 e. The first-order valence-electron chi connectivity index (χ1n) is 6.27. The van der Waals surface area contributed by atoms with E-state index in [1.807, 2.05) is 17.5 Å². The molecule has 1 aliphatic heterocycles. The molecule has 0 N–H and O–H groups in total. The first-order valence-corrected chi connectivity index (χ1v) is 7.15. The third kappa shape index (κ3) is 3.05. The van der Waals surface area contributed by atoms with Crippen molar-refractivity contribution in [3.63, 3.8) is 0 Å². The van der Waals surface area contributed by atoms with Gasteiger partial charge in [-0.25, -0.2) is 4.79 Å². The first kappa shape index (κ1) is 13.6. The minimum absolute atomic E-state index is 0.0334. The van der Waals surface area contributed by atoms with E-state index in [1.165, 1.54) is 17.6 Å². The molecular weight excluding hydrogens is 296 g/mol. The van der Waals surface area contributed by atoms with Crippen LogP contribution in [-0.2, 0) is 19.0 Å². The van der Waals surface area contributed by atoms with Gasteiger partial charge in [0.05, 0.1) is 4.88 Å². The predicted molar refractivity (Wildman–Crippen MR) is 72.1 cm³/mol. The molecule has 21 heavy (non-hydrogen) atoms. The van der Waals surface area contributed by atoms with Crippen LogP contribution in [0.5, 0.6) is 0 Å². The summed E-state index contributed by atoms with van der Waals surface area (Å²) in [6.07, 6.45) is 0.564. The maximum Gasteiger partial charge on any atom is 0.377 e. The second-order valence-electron chi connectivity index (χ2n) is 4.17. The lowest BCUT2D eigenvalue weighted by Crippen LogP contribution is -2.18. The second-order valence-corrected chi connectivity index (χ2v) is 5.12. The van der Waals surface area contributed by atoms with Crippen LogP contribution in [0.15, 0.2) is 34.0 Å². The van der Waals surface area contributed by atoms with Crippen molar-refractivity contribution in [2.45, 2.75) is 13.0 Å². The lowest BCUT2D eigenvalue weighted by Gasteiger charge is -2.15. The van der Waals surface area contributed by atoms with Gasteiger partial charge in [-0.3, -0.25) is 0 Å². The Morgan fingerprint density at radius 1 is 1.43 bits per heavy atom. The van der Waals surface area contributed by atoms with Gasteiger partial charge in [-0.15, -0.1) is 21.5 Å². The lowest BCUT2D eigenvalue weighted by molar-refractivity contribution is -0.150. The molecule has 110 valence electrons. The van der Waals surface area contributed by atoms with Gasteiger partial charge in [0, 0.05) is 0 Å². The topological polar surface area (TPSA) is 83.7 Å². The molecule has 0 bridgehead atoms. The van der Waals surface area contributed by atoms with E-state index >= 15 is 0 Å². The van der Waals surface area contributed by atoms with Crippen molar-refractivity contribution in [3.05, 3.63) is 35.4 Å². The highest BCUT2D eigenvalue weighted by molar-refractivity contribution is 7.13. The Kier molecular flexibility index (Phi) is 3.87. The zero-order valence-electron chi connectivity index (χ0n) is 11.1. The summed E-state index contributed by atoms with van der Waals surface area (Å²) in [6, 6.07) is 3.76. The van der Waals surface area contributed by atoms with Gasteiger partial charge in [0.2, 0.25) is 5.76 Å². The number of rotatable bonds is 4. The van der Waals surface area contributed by atoms with Crippen molar-refractivity contribution in [3.8, 4) is 10.8 Å². The third-order valence-electron chi connectivity index (χ3n) is 2.65. The Hall–Kier alpha value is -2.35. The molecule has 0 aliphatic carbocycles. The van der Waals surface area contributed by atoms with Gasteiger partial charge in [-0.05, 0) is 18.4 Å². The maximum absolute atomic E-state index is 11.8. The number of hydrogen-bond donors (Lipinski definition) is 0. The van der Waals surface area contributed by atoms with Crippen LogP contribution in [0.2, 0.25) is 0 Å². The molecule has 2 aromatic rings. The van der Waals surface area contributed by atoms with Crippen molar-refractivity contribution in [1.82, 2.24) is 10.2 Å². The molecule has 0 saturated heterocycles. The monoisotopic (exact) mass is 308 g/mol.